The highest BCUT2D eigenvalue weighted by molar-refractivity contribution is 6.21. The Morgan fingerprint density at radius 1 is 1.19 bits per heavy atom. The number of hydrogen-bond donors (Lipinski definition) is 1. The molecule has 192 valence electrons. The Morgan fingerprint density at radius 2 is 1.86 bits per heavy atom. The van der Waals surface area contributed by atoms with Crippen molar-refractivity contribution in [3.05, 3.63) is 69.5 Å². The van der Waals surface area contributed by atoms with Crippen LogP contribution in [0.2, 0.25) is 0 Å². The van der Waals surface area contributed by atoms with Gasteiger partial charge in [0, 0.05) is 36.9 Å². The van der Waals surface area contributed by atoms with E-state index >= 15 is 0 Å². The number of fused-ring (bicyclic) bond motifs is 1. The van der Waals surface area contributed by atoms with Crippen molar-refractivity contribution in [1.82, 2.24) is 9.88 Å². The monoisotopic (exact) mass is 526 g/mol. The van der Waals surface area contributed by atoms with E-state index in [9.17, 15) is 27.2 Å². The lowest BCUT2D eigenvalue weighted by molar-refractivity contribution is -0.0979. The van der Waals surface area contributed by atoms with Crippen molar-refractivity contribution < 1.29 is 31.8 Å². The second-order valence-electron chi connectivity index (χ2n) is 8.50. The summed E-state index contributed by atoms with van der Waals surface area (Å²) in [5, 5.41) is 2.93. The van der Waals surface area contributed by atoms with Crippen LogP contribution in [0.1, 0.15) is 48.5 Å². The molecule has 0 saturated heterocycles. The first-order chi connectivity index (χ1) is 17.1. The molecule has 11 heteroatoms. The quantitative estimate of drug-likeness (QED) is 0.176. The van der Waals surface area contributed by atoms with E-state index in [0.29, 0.717) is 18.7 Å². The van der Waals surface area contributed by atoms with Crippen molar-refractivity contribution in [2.45, 2.75) is 57.3 Å². The molecule has 0 amide bonds. The number of ether oxygens (including phenoxy) is 2. The highest BCUT2D eigenvalue weighted by atomic mass is 35.5. The van der Waals surface area contributed by atoms with E-state index in [-0.39, 0.29) is 12.3 Å². The first kappa shape index (κ1) is 26.0. The van der Waals surface area contributed by atoms with Crippen molar-refractivity contribution in [1.29, 1.82) is 0 Å². The standard InChI is InChI=1S/C25H23ClF4N2O4/c1-2-32-13-18(22(33)17-11-19(27)20(28)23(21(17)32)36-25(26,29)30)24(34)35-16-9-7-14(8-10-16)12-31-15-5-3-4-6-15/h7-11,13,15,31H,2-6,12H2,1H3. The minimum absolute atomic E-state index is 0.00492. The molecule has 0 unspecified atom stereocenters. The molecule has 2 aromatic carbocycles. The van der Waals surface area contributed by atoms with Crippen LogP contribution in [0.25, 0.3) is 10.9 Å². The number of alkyl halides is 3. The number of rotatable bonds is 8. The predicted molar refractivity (Wildman–Crippen MR) is 126 cm³/mol. The summed E-state index contributed by atoms with van der Waals surface area (Å²) >= 11 is 4.75. The molecule has 3 aromatic rings. The van der Waals surface area contributed by atoms with Crippen LogP contribution in [0.15, 0.2) is 41.3 Å². The molecule has 1 N–H and O–H groups in total. The third kappa shape index (κ3) is 5.65. The van der Waals surface area contributed by atoms with Crippen LogP contribution in [-0.2, 0) is 13.1 Å². The molecule has 1 aliphatic carbocycles. The molecule has 0 spiro atoms. The maximum Gasteiger partial charge on any atom is 0.487 e. The first-order valence-electron chi connectivity index (χ1n) is 11.4. The molecule has 1 saturated carbocycles. The van der Waals surface area contributed by atoms with E-state index < -0.39 is 50.8 Å². The van der Waals surface area contributed by atoms with Crippen LogP contribution >= 0.6 is 11.6 Å². The number of carbonyl (C=O) groups excluding carboxylic acids is 1. The van der Waals surface area contributed by atoms with Gasteiger partial charge in [-0.15, -0.1) is 8.78 Å². The lowest BCUT2D eigenvalue weighted by atomic mass is 10.1. The molecule has 1 fully saturated rings. The number of aryl methyl sites for hydroxylation is 1. The second-order valence-corrected chi connectivity index (χ2v) is 8.94. The average molecular weight is 527 g/mol. The summed E-state index contributed by atoms with van der Waals surface area (Å²) in [7, 11) is 0. The maximum absolute atomic E-state index is 14.3. The van der Waals surface area contributed by atoms with E-state index in [4.69, 9.17) is 16.3 Å². The van der Waals surface area contributed by atoms with Crippen LogP contribution in [0.4, 0.5) is 17.6 Å². The highest BCUT2D eigenvalue weighted by Gasteiger charge is 2.33. The minimum atomic E-state index is -4.37. The molecular formula is C25H23ClF4N2O4. The van der Waals surface area contributed by atoms with Gasteiger partial charge in [0.25, 0.3) is 0 Å². The van der Waals surface area contributed by atoms with Crippen molar-refractivity contribution >= 4 is 28.5 Å². The third-order valence-electron chi connectivity index (χ3n) is 6.07. The fourth-order valence-corrected chi connectivity index (χ4v) is 4.39. The Hall–Kier alpha value is -3.11. The van der Waals surface area contributed by atoms with Crippen LogP contribution in [0.5, 0.6) is 11.5 Å². The molecule has 0 atom stereocenters. The van der Waals surface area contributed by atoms with E-state index in [2.05, 4.69) is 10.1 Å². The Labute approximate surface area is 208 Å². The molecular weight excluding hydrogens is 504 g/mol. The minimum Gasteiger partial charge on any atom is -0.423 e. The van der Waals surface area contributed by atoms with Gasteiger partial charge in [-0.05, 0) is 43.5 Å². The largest absolute Gasteiger partial charge is 0.487 e. The highest BCUT2D eigenvalue weighted by Crippen LogP contribution is 2.35. The Kier molecular flexibility index (Phi) is 7.56. The molecule has 1 heterocycles. The van der Waals surface area contributed by atoms with Crippen molar-refractivity contribution in [3.8, 4) is 11.5 Å². The zero-order chi connectivity index (χ0) is 26.0. The molecule has 0 bridgehead atoms. The number of nitrogens with zero attached hydrogens (tertiary/aromatic N) is 1. The Balaban J connectivity index is 1.62. The van der Waals surface area contributed by atoms with Crippen LogP contribution < -0.4 is 20.2 Å². The molecule has 36 heavy (non-hydrogen) atoms. The van der Waals surface area contributed by atoms with Gasteiger partial charge >= 0.3 is 11.5 Å². The topological polar surface area (TPSA) is 69.6 Å². The number of esters is 1. The molecule has 0 aliphatic heterocycles. The molecule has 0 radical (unpaired) electrons. The van der Waals surface area contributed by atoms with E-state index in [1.807, 2.05) is 0 Å². The second kappa shape index (κ2) is 10.5. The number of pyridine rings is 1. The number of aromatic nitrogens is 1. The summed E-state index contributed by atoms with van der Waals surface area (Å²) in [4.78, 5) is 25.8. The van der Waals surface area contributed by atoms with Crippen LogP contribution in [0, 0.1) is 11.6 Å². The van der Waals surface area contributed by atoms with Gasteiger partial charge in [-0.2, -0.15) is 4.39 Å². The van der Waals surface area contributed by atoms with Gasteiger partial charge in [0.05, 0.1) is 10.9 Å². The van der Waals surface area contributed by atoms with E-state index in [1.54, 1.807) is 31.2 Å². The van der Waals surface area contributed by atoms with Gasteiger partial charge in [-0.3, -0.25) is 4.79 Å². The Morgan fingerprint density at radius 3 is 2.47 bits per heavy atom. The zero-order valence-corrected chi connectivity index (χ0v) is 20.0. The zero-order valence-electron chi connectivity index (χ0n) is 19.3. The third-order valence-corrected chi connectivity index (χ3v) is 6.15. The van der Waals surface area contributed by atoms with E-state index in [0.717, 1.165) is 29.2 Å². The van der Waals surface area contributed by atoms with Crippen LogP contribution in [0.3, 0.4) is 0 Å². The summed E-state index contributed by atoms with van der Waals surface area (Å²) in [6, 6.07) is 7.73. The van der Waals surface area contributed by atoms with Gasteiger partial charge in [0.1, 0.15) is 11.3 Å². The van der Waals surface area contributed by atoms with Crippen molar-refractivity contribution in [3.63, 3.8) is 0 Å². The summed E-state index contributed by atoms with van der Waals surface area (Å²) in [5.41, 5.74) is -5.39. The SMILES string of the molecule is CCn1cc(C(=O)Oc2ccc(CNC3CCCC3)cc2)c(=O)c2cc(F)c(F)c(OC(F)(F)Cl)c21. The van der Waals surface area contributed by atoms with Gasteiger partial charge in [0.2, 0.25) is 11.2 Å². The fraction of sp³-hybridized carbons (Fsp3) is 0.360. The van der Waals surface area contributed by atoms with Gasteiger partial charge < -0.3 is 19.4 Å². The van der Waals surface area contributed by atoms with Gasteiger partial charge in [-0.1, -0.05) is 25.0 Å². The summed E-state index contributed by atoms with van der Waals surface area (Å²) in [6.07, 6.45) is 5.75. The van der Waals surface area contributed by atoms with Gasteiger partial charge in [0.15, 0.2) is 11.6 Å². The molecule has 6 nitrogen and oxygen atoms in total. The average Bonchev–Trinajstić information content (AvgIpc) is 3.35. The normalized spacial score (nSPS) is 14.4. The maximum atomic E-state index is 14.3. The molecule has 1 aliphatic rings. The Bertz CT molecular complexity index is 1330. The number of benzene rings is 2. The number of carbonyl (C=O) groups is 1. The van der Waals surface area contributed by atoms with Crippen molar-refractivity contribution in [2.75, 3.05) is 0 Å². The lowest BCUT2D eigenvalue weighted by Gasteiger charge is -2.18. The first-order valence-corrected chi connectivity index (χ1v) is 11.8. The lowest BCUT2D eigenvalue weighted by Crippen LogP contribution is -2.25. The number of hydrogen-bond acceptors (Lipinski definition) is 5. The number of nitrogens with one attached hydrogen (secondary N) is 1. The van der Waals surface area contributed by atoms with Crippen LogP contribution in [-0.4, -0.2) is 22.1 Å². The summed E-state index contributed by atoms with van der Waals surface area (Å²) in [5.74, 6) is -5.49. The summed E-state index contributed by atoms with van der Waals surface area (Å²) in [6.45, 7) is 2.20. The predicted octanol–water partition coefficient (Wildman–Crippen LogP) is 5.72. The van der Waals surface area contributed by atoms with E-state index in [1.165, 1.54) is 12.8 Å². The molecule has 1 aromatic heterocycles. The van der Waals surface area contributed by atoms with Crippen molar-refractivity contribution in [2.24, 2.45) is 0 Å². The fourth-order valence-electron chi connectivity index (χ4n) is 4.31. The smallest absolute Gasteiger partial charge is 0.423 e. The summed E-state index contributed by atoms with van der Waals surface area (Å²) < 4.78 is 65.6. The van der Waals surface area contributed by atoms with Gasteiger partial charge in [-0.25, -0.2) is 9.18 Å². The molecule has 4 rings (SSSR count). The number of halogens is 5.